The number of nitrogens with zero attached hydrogens (tertiary/aromatic N) is 1. The molecular formula is C39H25N. The molecule has 8 rings (SSSR count). The van der Waals surface area contributed by atoms with E-state index >= 15 is 0 Å². The van der Waals surface area contributed by atoms with Gasteiger partial charge in [-0.25, -0.2) is 4.98 Å². The van der Waals surface area contributed by atoms with Gasteiger partial charge in [-0.05, 0) is 96.3 Å². The van der Waals surface area contributed by atoms with Gasteiger partial charge in [0, 0.05) is 10.8 Å². The molecule has 40 heavy (non-hydrogen) atoms. The van der Waals surface area contributed by atoms with Crippen molar-refractivity contribution in [3.63, 3.8) is 0 Å². The molecule has 1 heterocycles. The van der Waals surface area contributed by atoms with Crippen LogP contribution in [0.5, 0.6) is 0 Å². The van der Waals surface area contributed by atoms with Crippen molar-refractivity contribution >= 4 is 75.7 Å². The Labute approximate surface area is 231 Å². The molecule has 0 N–H and O–H groups in total. The standard InChI is InChI=1S/C39H25N/c1-2-19-38-36(18-1)37-25-39(40-38)35-17-7-15-33(24-35)31-13-5-11-29(22-31)27-9-3-8-26(20-27)28-10-4-12-30(21-28)32-14-6-16-34(37)23-32/h1-25H. The van der Waals surface area contributed by atoms with Crippen molar-refractivity contribution in [3.05, 3.63) is 152 Å². The largest absolute Gasteiger partial charge is 0.248 e. The maximum Gasteiger partial charge on any atom is 0.0716 e. The van der Waals surface area contributed by atoms with Crippen molar-refractivity contribution in [2.45, 2.75) is 0 Å². The number of aromatic nitrogens is 1. The van der Waals surface area contributed by atoms with Gasteiger partial charge in [0.25, 0.3) is 0 Å². The average Bonchev–Trinajstić information content (AvgIpc) is 3.04. The molecule has 12 bridgehead atoms. The van der Waals surface area contributed by atoms with Crippen LogP contribution in [-0.4, -0.2) is 4.98 Å². The third-order valence-corrected chi connectivity index (χ3v) is 7.97. The highest BCUT2D eigenvalue weighted by atomic mass is 14.7. The SMILES string of the molecule is c1cc2cc(c1)c1cccc(c1)c1cccc(c1)c1cc(nc3ccccc31)c1cccc(c1)c1cccc2c1. The molecule has 0 spiro atoms. The maximum atomic E-state index is 5.12. The summed E-state index contributed by atoms with van der Waals surface area (Å²) in [5.74, 6) is 0. The smallest absolute Gasteiger partial charge is 0.0716 e. The maximum absolute atomic E-state index is 5.12. The van der Waals surface area contributed by atoms with E-state index < -0.39 is 0 Å². The summed E-state index contributed by atoms with van der Waals surface area (Å²) < 4.78 is 0. The molecule has 7 aromatic carbocycles. The normalized spacial score (nSPS) is 11.5. The molecule has 0 fully saturated rings. The topological polar surface area (TPSA) is 12.9 Å². The summed E-state index contributed by atoms with van der Waals surface area (Å²) in [4.78, 5) is 5.12. The molecule has 0 saturated carbocycles. The third-order valence-electron chi connectivity index (χ3n) is 7.97. The van der Waals surface area contributed by atoms with Gasteiger partial charge in [-0.1, -0.05) is 109 Å². The van der Waals surface area contributed by atoms with Crippen molar-refractivity contribution in [1.82, 2.24) is 4.98 Å². The van der Waals surface area contributed by atoms with Gasteiger partial charge in [0.1, 0.15) is 0 Å². The highest BCUT2D eigenvalue weighted by Gasteiger charge is 2.04. The molecule has 0 aliphatic carbocycles. The molecule has 1 nitrogen and oxygen atoms in total. The summed E-state index contributed by atoms with van der Waals surface area (Å²) in [6.45, 7) is 0. The minimum absolute atomic E-state index is 0.980. The van der Waals surface area contributed by atoms with E-state index in [0.29, 0.717) is 0 Å². The molecule has 1 aromatic heterocycles. The van der Waals surface area contributed by atoms with Crippen LogP contribution in [0.1, 0.15) is 0 Å². The fraction of sp³-hybridized carbons (Fsp3) is 0. The number of rotatable bonds is 0. The van der Waals surface area contributed by atoms with E-state index in [1.807, 2.05) is 0 Å². The lowest BCUT2D eigenvalue weighted by Crippen LogP contribution is -1.83. The van der Waals surface area contributed by atoms with Crippen molar-refractivity contribution in [1.29, 1.82) is 0 Å². The van der Waals surface area contributed by atoms with E-state index in [2.05, 4.69) is 152 Å². The molecule has 0 radical (unpaired) electrons. The van der Waals surface area contributed by atoms with Crippen molar-refractivity contribution < 1.29 is 0 Å². The van der Waals surface area contributed by atoms with Gasteiger partial charge in [0.15, 0.2) is 0 Å². The van der Waals surface area contributed by atoms with Gasteiger partial charge in [0.05, 0.1) is 11.0 Å². The summed E-state index contributed by atoms with van der Waals surface area (Å²) >= 11 is 0. The molecule has 0 amide bonds. The predicted octanol–water partition coefficient (Wildman–Crippen LogP) is 10.8. The Bertz CT molecular complexity index is 2380. The van der Waals surface area contributed by atoms with Crippen LogP contribution in [0, 0.1) is 0 Å². The Morgan fingerprint density at radius 3 is 1.12 bits per heavy atom. The zero-order chi connectivity index (χ0) is 26.5. The molecule has 1 heteroatoms. The van der Waals surface area contributed by atoms with Crippen LogP contribution in [-0.2, 0) is 0 Å². The Balaban J connectivity index is 1.64. The minimum Gasteiger partial charge on any atom is -0.248 e. The first-order chi connectivity index (χ1) is 19.8. The molecular weight excluding hydrogens is 482 g/mol. The molecule has 186 valence electrons. The molecule has 0 atom stereocenters. The van der Waals surface area contributed by atoms with Crippen molar-refractivity contribution in [3.8, 4) is 0 Å². The minimum atomic E-state index is 0.980. The number of para-hydroxylation sites is 1. The number of pyridine rings is 1. The van der Waals surface area contributed by atoms with Crippen molar-refractivity contribution in [2.24, 2.45) is 0 Å². The molecule has 0 unspecified atom stereocenters. The Hall–Kier alpha value is -5.27. The summed E-state index contributed by atoms with van der Waals surface area (Å²) in [7, 11) is 0. The number of fused-ring (bicyclic) bond motifs is 20. The van der Waals surface area contributed by atoms with Gasteiger partial charge in [-0.3, -0.25) is 0 Å². The Morgan fingerprint density at radius 1 is 0.250 bits per heavy atom. The van der Waals surface area contributed by atoms with Crippen LogP contribution < -0.4 is 0 Å². The Kier molecular flexibility index (Phi) is 5.21. The fourth-order valence-electron chi connectivity index (χ4n) is 5.92. The first kappa shape index (κ1) is 22.7. The van der Waals surface area contributed by atoms with E-state index in [9.17, 15) is 0 Å². The molecule has 0 saturated heterocycles. The number of benzene rings is 6. The zero-order valence-corrected chi connectivity index (χ0v) is 21.9. The van der Waals surface area contributed by atoms with Gasteiger partial charge >= 0.3 is 0 Å². The van der Waals surface area contributed by atoms with E-state index in [4.69, 9.17) is 4.98 Å². The highest BCUT2D eigenvalue weighted by molar-refractivity contribution is 6.10. The highest BCUT2D eigenvalue weighted by Crippen LogP contribution is 2.29. The second-order valence-corrected chi connectivity index (χ2v) is 10.5. The van der Waals surface area contributed by atoms with E-state index in [1.54, 1.807) is 0 Å². The lowest BCUT2D eigenvalue weighted by molar-refractivity contribution is 1.51. The van der Waals surface area contributed by atoms with E-state index in [1.165, 1.54) is 53.9 Å². The fourth-order valence-corrected chi connectivity index (χ4v) is 5.92. The van der Waals surface area contributed by atoms with Gasteiger partial charge in [0.2, 0.25) is 0 Å². The molecule has 0 aliphatic heterocycles. The van der Waals surface area contributed by atoms with Crippen LogP contribution in [0.3, 0.4) is 0 Å². The summed E-state index contributed by atoms with van der Waals surface area (Å²) in [5.41, 5.74) is 1.98. The number of hydrogen-bond acceptors (Lipinski definition) is 1. The van der Waals surface area contributed by atoms with Gasteiger partial charge < -0.3 is 0 Å². The quantitative estimate of drug-likeness (QED) is 0.199. The van der Waals surface area contributed by atoms with Crippen LogP contribution in [0.25, 0.3) is 75.7 Å². The average molecular weight is 508 g/mol. The van der Waals surface area contributed by atoms with Crippen molar-refractivity contribution in [2.75, 3.05) is 0 Å². The van der Waals surface area contributed by atoms with Crippen LogP contribution in [0.4, 0.5) is 0 Å². The first-order valence-electron chi connectivity index (χ1n) is 13.7. The summed E-state index contributed by atoms with van der Waals surface area (Å²) in [6.07, 6.45) is 0. The van der Waals surface area contributed by atoms with Crippen LogP contribution in [0.15, 0.2) is 152 Å². The lowest BCUT2D eigenvalue weighted by Gasteiger charge is -2.05. The third kappa shape index (κ3) is 3.92. The molecule has 8 aromatic rings. The van der Waals surface area contributed by atoms with Gasteiger partial charge in [-0.2, -0.15) is 0 Å². The second-order valence-electron chi connectivity index (χ2n) is 10.5. The summed E-state index contributed by atoms with van der Waals surface area (Å²) in [6, 6.07) is 54.9. The zero-order valence-electron chi connectivity index (χ0n) is 21.9. The Morgan fingerprint density at radius 2 is 0.625 bits per heavy atom. The van der Waals surface area contributed by atoms with Gasteiger partial charge in [-0.15, -0.1) is 0 Å². The number of hydrogen-bond donors (Lipinski definition) is 0. The molecule has 0 aliphatic rings. The van der Waals surface area contributed by atoms with E-state index in [-0.39, 0.29) is 0 Å². The van der Waals surface area contributed by atoms with Crippen LogP contribution >= 0.6 is 0 Å². The predicted molar refractivity (Wildman–Crippen MR) is 173 cm³/mol. The van der Waals surface area contributed by atoms with E-state index in [0.717, 1.165) is 21.8 Å². The monoisotopic (exact) mass is 507 g/mol. The summed E-state index contributed by atoms with van der Waals surface area (Å²) in [5, 5.41) is 14.3. The first-order valence-corrected chi connectivity index (χ1v) is 13.7. The second kappa shape index (κ2) is 9.18. The van der Waals surface area contributed by atoms with Crippen LogP contribution in [0.2, 0.25) is 0 Å². The lowest BCUT2D eigenvalue weighted by atomic mass is 10.0.